The maximum Gasteiger partial charge on any atom is 0.325 e. The molecular weight excluding hydrogens is 340 g/mol. The second kappa shape index (κ2) is 5.64. The molecule has 0 saturated carbocycles. The van der Waals surface area contributed by atoms with Crippen molar-refractivity contribution in [3.05, 3.63) is 66.2 Å². The summed E-state index contributed by atoms with van der Waals surface area (Å²) in [6.45, 7) is 1.96. The lowest BCUT2D eigenvalue weighted by atomic mass is 9.87. The van der Waals surface area contributed by atoms with E-state index in [1.807, 2.05) is 49.4 Å². The number of anilines is 1. The summed E-state index contributed by atoms with van der Waals surface area (Å²) in [7, 11) is 1.61. The third kappa shape index (κ3) is 2.28. The van der Waals surface area contributed by atoms with Gasteiger partial charge in [-0.05, 0) is 35.9 Å². The summed E-state index contributed by atoms with van der Waals surface area (Å²) in [6.07, 6.45) is 0.651. The molecule has 1 fully saturated rings. The number of hydrogen-bond acceptors (Lipinski definition) is 3. The first-order valence-electron chi connectivity index (χ1n) is 9.05. The lowest BCUT2D eigenvalue weighted by Gasteiger charge is -2.51. The molecule has 3 aromatic carbocycles. The number of fused-ring (bicyclic) bond motifs is 6. The van der Waals surface area contributed by atoms with E-state index in [-0.39, 0.29) is 12.1 Å². The number of urea groups is 1. The van der Waals surface area contributed by atoms with Gasteiger partial charge in [0.1, 0.15) is 11.5 Å². The van der Waals surface area contributed by atoms with Crippen LogP contribution in [-0.4, -0.2) is 18.9 Å². The van der Waals surface area contributed by atoms with Crippen LogP contribution in [0.2, 0.25) is 0 Å². The van der Waals surface area contributed by atoms with Crippen molar-refractivity contribution in [1.29, 1.82) is 0 Å². The van der Waals surface area contributed by atoms with Gasteiger partial charge in [0.2, 0.25) is 0 Å². The molecule has 1 saturated heterocycles. The van der Waals surface area contributed by atoms with Crippen LogP contribution in [0.3, 0.4) is 0 Å². The van der Waals surface area contributed by atoms with Gasteiger partial charge in [-0.25, -0.2) is 4.79 Å². The van der Waals surface area contributed by atoms with Crippen LogP contribution in [0, 0.1) is 0 Å². The smallest absolute Gasteiger partial charge is 0.325 e. The average Bonchev–Trinajstić information content (AvgIpc) is 2.67. The number of nitrogens with one attached hydrogen (secondary N) is 1. The van der Waals surface area contributed by atoms with E-state index in [0.717, 1.165) is 22.1 Å². The van der Waals surface area contributed by atoms with Crippen molar-refractivity contribution in [2.24, 2.45) is 0 Å². The van der Waals surface area contributed by atoms with E-state index in [4.69, 9.17) is 9.47 Å². The van der Waals surface area contributed by atoms with Gasteiger partial charge in [-0.1, -0.05) is 42.5 Å². The number of amides is 2. The Labute approximate surface area is 157 Å². The Morgan fingerprint density at radius 3 is 2.74 bits per heavy atom. The van der Waals surface area contributed by atoms with Crippen LogP contribution >= 0.6 is 0 Å². The molecule has 0 aromatic heterocycles. The summed E-state index contributed by atoms with van der Waals surface area (Å²) in [5.41, 5.74) is 0.957. The molecule has 27 heavy (non-hydrogen) atoms. The molecule has 2 heterocycles. The molecule has 3 aromatic rings. The van der Waals surface area contributed by atoms with Crippen molar-refractivity contribution in [3.63, 3.8) is 0 Å². The molecule has 0 radical (unpaired) electrons. The van der Waals surface area contributed by atoms with Crippen molar-refractivity contribution < 1.29 is 14.3 Å². The summed E-state index contributed by atoms with van der Waals surface area (Å²) >= 11 is 0. The second-order valence-electron chi connectivity index (χ2n) is 7.19. The van der Waals surface area contributed by atoms with Gasteiger partial charge in [0.25, 0.3) is 0 Å². The van der Waals surface area contributed by atoms with E-state index < -0.39 is 5.72 Å². The molecule has 2 aliphatic rings. The molecule has 1 N–H and O–H groups in total. The highest BCUT2D eigenvalue weighted by Gasteiger charge is 2.50. The minimum Gasteiger partial charge on any atom is -0.495 e. The Balaban J connectivity index is 1.67. The molecule has 2 atom stereocenters. The van der Waals surface area contributed by atoms with Crippen LogP contribution in [0.25, 0.3) is 10.8 Å². The highest BCUT2D eigenvalue weighted by atomic mass is 16.5. The highest BCUT2D eigenvalue weighted by molar-refractivity contribution is 5.98. The normalized spacial score (nSPS) is 23.4. The van der Waals surface area contributed by atoms with E-state index in [1.54, 1.807) is 12.0 Å². The zero-order chi connectivity index (χ0) is 18.6. The van der Waals surface area contributed by atoms with Crippen molar-refractivity contribution in [1.82, 2.24) is 5.32 Å². The van der Waals surface area contributed by atoms with Crippen molar-refractivity contribution in [2.45, 2.75) is 25.1 Å². The molecule has 2 bridgehead atoms. The molecule has 0 aliphatic carbocycles. The number of rotatable bonds is 2. The monoisotopic (exact) mass is 360 g/mol. The molecular formula is C22H20N2O3. The molecule has 2 unspecified atom stereocenters. The molecule has 2 amide bonds. The number of benzene rings is 3. The van der Waals surface area contributed by atoms with E-state index in [2.05, 4.69) is 23.5 Å². The summed E-state index contributed by atoms with van der Waals surface area (Å²) < 4.78 is 11.9. The minimum absolute atomic E-state index is 0.0942. The quantitative estimate of drug-likeness (QED) is 0.726. The van der Waals surface area contributed by atoms with Crippen molar-refractivity contribution >= 4 is 22.5 Å². The number of methoxy groups -OCH3 is 1. The Morgan fingerprint density at radius 1 is 1.11 bits per heavy atom. The highest BCUT2D eigenvalue weighted by Crippen LogP contribution is 2.49. The summed E-state index contributed by atoms with van der Waals surface area (Å²) in [5, 5.41) is 5.43. The Hall–Kier alpha value is -3.21. The number of carbonyl (C=O) groups is 1. The Kier molecular flexibility index (Phi) is 3.34. The average molecular weight is 360 g/mol. The first-order chi connectivity index (χ1) is 13.1. The van der Waals surface area contributed by atoms with Gasteiger partial charge in [-0.15, -0.1) is 0 Å². The third-order valence-electron chi connectivity index (χ3n) is 5.49. The van der Waals surface area contributed by atoms with Gasteiger partial charge >= 0.3 is 6.03 Å². The number of carbonyl (C=O) groups excluding carboxylic acids is 1. The number of para-hydroxylation sites is 2. The van der Waals surface area contributed by atoms with Crippen molar-refractivity contribution in [2.75, 3.05) is 12.0 Å². The molecule has 0 spiro atoms. The van der Waals surface area contributed by atoms with Crippen LogP contribution in [-0.2, 0) is 0 Å². The number of nitrogens with zero attached hydrogens (tertiary/aromatic N) is 1. The maximum absolute atomic E-state index is 13.1. The van der Waals surface area contributed by atoms with Crippen LogP contribution in [0.4, 0.5) is 10.5 Å². The van der Waals surface area contributed by atoms with E-state index in [0.29, 0.717) is 17.9 Å². The SMILES string of the molecule is COc1ccccc1N1C(=O)NC2CC1(C)Oc1ccc3ccccc3c12. The largest absolute Gasteiger partial charge is 0.495 e. The van der Waals surface area contributed by atoms with E-state index in [9.17, 15) is 4.79 Å². The van der Waals surface area contributed by atoms with Crippen LogP contribution in [0.5, 0.6) is 11.5 Å². The van der Waals surface area contributed by atoms with Crippen molar-refractivity contribution in [3.8, 4) is 11.5 Å². The van der Waals surface area contributed by atoms with Gasteiger partial charge in [0, 0.05) is 12.0 Å². The first kappa shape index (κ1) is 16.0. The Bertz CT molecular complexity index is 1060. The molecule has 5 rings (SSSR count). The molecule has 5 nitrogen and oxygen atoms in total. The maximum atomic E-state index is 13.1. The predicted octanol–water partition coefficient (Wildman–Crippen LogP) is 4.62. The van der Waals surface area contributed by atoms with Gasteiger partial charge in [0.15, 0.2) is 5.72 Å². The summed E-state index contributed by atoms with van der Waals surface area (Å²) in [6, 6.07) is 19.5. The van der Waals surface area contributed by atoms with Gasteiger partial charge in [0.05, 0.1) is 18.8 Å². The third-order valence-corrected chi connectivity index (χ3v) is 5.49. The molecule has 2 aliphatic heterocycles. The molecule has 5 heteroatoms. The summed E-state index contributed by atoms with van der Waals surface area (Å²) in [5.74, 6) is 1.45. The zero-order valence-corrected chi connectivity index (χ0v) is 15.2. The summed E-state index contributed by atoms with van der Waals surface area (Å²) in [4.78, 5) is 14.8. The fourth-order valence-electron chi connectivity index (χ4n) is 4.35. The number of ether oxygens (including phenoxy) is 2. The lowest BCUT2D eigenvalue weighted by molar-refractivity contribution is 0.0382. The topological polar surface area (TPSA) is 50.8 Å². The van der Waals surface area contributed by atoms with Gasteiger partial charge in [-0.3, -0.25) is 4.90 Å². The van der Waals surface area contributed by atoms with Gasteiger partial charge < -0.3 is 14.8 Å². The van der Waals surface area contributed by atoms with Crippen LogP contribution in [0.1, 0.15) is 24.9 Å². The second-order valence-corrected chi connectivity index (χ2v) is 7.19. The van der Waals surface area contributed by atoms with E-state index in [1.165, 1.54) is 0 Å². The predicted molar refractivity (Wildman–Crippen MR) is 104 cm³/mol. The number of hydrogen-bond donors (Lipinski definition) is 1. The fraction of sp³-hybridized carbons (Fsp3) is 0.227. The standard InChI is InChI=1S/C22H20N2O3/c1-22-13-16(20-15-8-4-3-7-14(15)11-12-19(20)27-22)23-21(25)24(22)17-9-5-6-10-18(17)26-2/h3-12,16H,13H2,1-2H3,(H,23,25). The Morgan fingerprint density at radius 2 is 1.89 bits per heavy atom. The van der Waals surface area contributed by atoms with Gasteiger partial charge in [-0.2, -0.15) is 0 Å². The zero-order valence-electron chi connectivity index (χ0n) is 15.2. The van der Waals surface area contributed by atoms with Crippen LogP contribution < -0.4 is 19.7 Å². The lowest BCUT2D eigenvalue weighted by Crippen LogP contribution is -2.65. The first-order valence-corrected chi connectivity index (χ1v) is 9.05. The van der Waals surface area contributed by atoms with E-state index >= 15 is 0 Å². The fourth-order valence-corrected chi connectivity index (χ4v) is 4.35. The molecule has 136 valence electrons. The van der Waals surface area contributed by atoms with Crippen LogP contribution in [0.15, 0.2) is 60.7 Å². The minimum atomic E-state index is -0.795.